The molecule has 102 valence electrons. The molecule has 0 heterocycles. The van der Waals surface area contributed by atoms with Crippen LogP contribution in [0, 0.1) is 10.8 Å². The van der Waals surface area contributed by atoms with Gasteiger partial charge in [-0.15, -0.1) is 11.6 Å². The van der Waals surface area contributed by atoms with Gasteiger partial charge in [0.05, 0.1) is 0 Å². The quantitative estimate of drug-likeness (QED) is 0.505. The lowest BCUT2D eigenvalue weighted by Crippen LogP contribution is -2.31. The second kappa shape index (κ2) is 7.01. The van der Waals surface area contributed by atoms with E-state index in [0.717, 1.165) is 19.2 Å². The molecular weight excluding hydrogens is 234 g/mol. The third-order valence-corrected chi connectivity index (χ3v) is 3.93. The average Bonchev–Trinajstić information content (AvgIpc) is 2.16. The number of halogens is 1. The molecule has 0 aromatic rings. The predicted molar refractivity (Wildman–Crippen MR) is 76.7 cm³/mol. The van der Waals surface area contributed by atoms with E-state index in [0.29, 0.717) is 0 Å². The lowest BCUT2D eigenvalue weighted by molar-refractivity contribution is 0.236. The van der Waals surface area contributed by atoms with Gasteiger partial charge in [0.2, 0.25) is 0 Å². The standard InChI is InChI=1S/C13H28BClO2/c1-12(2,3)10-11(15)13(4,5)8-9-14(16-6)17-7/h11H,8-10H2,1-7H3. The van der Waals surface area contributed by atoms with Crippen molar-refractivity contribution in [2.45, 2.75) is 59.2 Å². The first-order valence-corrected chi connectivity index (χ1v) is 6.75. The van der Waals surface area contributed by atoms with Crippen LogP contribution in [0.2, 0.25) is 6.32 Å². The summed E-state index contributed by atoms with van der Waals surface area (Å²) in [6.07, 6.45) is 2.91. The van der Waals surface area contributed by atoms with Crippen molar-refractivity contribution >= 4 is 18.7 Å². The first kappa shape index (κ1) is 17.3. The van der Waals surface area contributed by atoms with Crippen LogP contribution in [0.25, 0.3) is 0 Å². The Morgan fingerprint density at radius 1 is 1.06 bits per heavy atom. The molecule has 4 heteroatoms. The van der Waals surface area contributed by atoms with Crippen LogP contribution >= 0.6 is 11.6 Å². The van der Waals surface area contributed by atoms with Gasteiger partial charge in [0, 0.05) is 19.6 Å². The number of rotatable bonds is 7. The van der Waals surface area contributed by atoms with Crippen molar-refractivity contribution in [2.24, 2.45) is 10.8 Å². The molecular formula is C13H28BClO2. The molecule has 0 aliphatic carbocycles. The van der Waals surface area contributed by atoms with Crippen LogP contribution in [0.1, 0.15) is 47.5 Å². The van der Waals surface area contributed by atoms with E-state index >= 15 is 0 Å². The summed E-state index contributed by atoms with van der Waals surface area (Å²) < 4.78 is 10.4. The zero-order valence-corrected chi connectivity index (χ0v) is 13.2. The van der Waals surface area contributed by atoms with E-state index in [1.54, 1.807) is 14.2 Å². The highest BCUT2D eigenvalue weighted by Gasteiger charge is 2.32. The predicted octanol–water partition coefficient (Wildman–Crippen LogP) is 4.23. The molecule has 17 heavy (non-hydrogen) atoms. The molecule has 0 aromatic carbocycles. The molecule has 2 nitrogen and oxygen atoms in total. The Kier molecular flexibility index (Phi) is 7.12. The summed E-state index contributed by atoms with van der Waals surface area (Å²) in [7, 11) is 3.23. The van der Waals surface area contributed by atoms with Gasteiger partial charge in [-0.2, -0.15) is 0 Å². The van der Waals surface area contributed by atoms with Crippen molar-refractivity contribution in [1.82, 2.24) is 0 Å². The highest BCUT2D eigenvalue weighted by atomic mass is 35.5. The molecule has 0 saturated heterocycles. The molecule has 0 aliphatic heterocycles. The Labute approximate surface area is 113 Å². The van der Waals surface area contributed by atoms with Crippen molar-refractivity contribution in [2.75, 3.05) is 14.2 Å². The molecule has 0 fully saturated rings. The Morgan fingerprint density at radius 2 is 1.53 bits per heavy atom. The zero-order valence-electron chi connectivity index (χ0n) is 12.5. The van der Waals surface area contributed by atoms with Gasteiger partial charge in [0.15, 0.2) is 0 Å². The van der Waals surface area contributed by atoms with Crippen LogP contribution in [0.5, 0.6) is 0 Å². The van der Waals surface area contributed by atoms with Crippen LogP contribution < -0.4 is 0 Å². The van der Waals surface area contributed by atoms with E-state index in [9.17, 15) is 0 Å². The fraction of sp³-hybridized carbons (Fsp3) is 1.00. The minimum Gasteiger partial charge on any atom is -0.414 e. The Morgan fingerprint density at radius 3 is 1.88 bits per heavy atom. The number of hydrogen-bond donors (Lipinski definition) is 0. The highest BCUT2D eigenvalue weighted by Crippen LogP contribution is 2.38. The average molecular weight is 263 g/mol. The second-order valence-electron chi connectivity index (χ2n) is 6.66. The molecule has 0 spiro atoms. The molecule has 1 unspecified atom stereocenters. The van der Waals surface area contributed by atoms with Crippen molar-refractivity contribution in [3.8, 4) is 0 Å². The van der Waals surface area contributed by atoms with Gasteiger partial charge in [-0.25, -0.2) is 0 Å². The molecule has 1 atom stereocenters. The van der Waals surface area contributed by atoms with E-state index in [2.05, 4.69) is 34.6 Å². The van der Waals surface area contributed by atoms with Gasteiger partial charge >= 0.3 is 7.12 Å². The van der Waals surface area contributed by atoms with Crippen LogP contribution in [-0.2, 0) is 9.31 Å². The smallest absolute Gasteiger partial charge is 0.414 e. The summed E-state index contributed by atoms with van der Waals surface area (Å²) in [5.74, 6) is 0. The third-order valence-electron chi connectivity index (χ3n) is 3.19. The van der Waals surface area contributed by atoms with E-state index in [-0.39, 0.29) is 23.3 Å². The van der Waals surface area contributed by atoms with Gasteiger partial charge in [-0.3, -0.25) is 0 Å². The SMILES string of the molecule is COB(CCC(C)(C)C(Cl)CC(C)(C)C)OC. The van der Waals surface area contributed by atoms with E-state index in [1.807, 2.05) is 0 Å². The van der Waals surface area contributed by atoms with Crippen LogP contribution in [0.15, 0.2) is 0 Å². The second-order valence-corrected chi connectivity index (χ2v) is 7.19. The molecule has 0 aromatic heterocycles. The first-order chi connectivity index (χ1) is 7.62. The van der Waals surface area contributed by atoms with Gasteiger partial charge < -0.3 is 9.31 Å². The normalized spacial score (nSPS) is 14.8. The minimum absolute atomic E-state index is 0.101. The highest BCUT2D eigenvalue weighted by molar-refractivity contribution is 6.44. The molecule has 0 aliphatic rings. The Bertz CT molecular complexity index is 210. The van der Waals surface area contributed by atoms with Crippen LogP contribution in [0.3, 0.4) is 0 Å². The number of hydrogen-bond acceptors (Lipinski definition) is 2. The Hall–Kier alpha value is 0.275. The topological polar surface area (TPSA) is 18.5 Å². The van der Waals surface area contributed by atoms with Crippen molar-refractivity contribution in [3.63, 3.8) is 0 Å². The largest absolute Gasteiger partial charge is 0.456 e. The van der Waals surface area contributed by atoms with Gasteiger partial charge in [0.25, 0.3) is 0 Å². The first-order valence-electron chi connectivity index (χ1n) is 6.32. The molecule has 0 bridgehead atoms. The zero-order chi connectivity index (χ0) is 13.7. The van der Waals surface area contributed by atoms with Crippen molar-refractivity contribution in [3.05, 3.63) is 0 Å². The lowest BCUT2D eigenvalue weighted by Gasteiger charge is -2.34. The fourth-order valence-corrected chi connectivity index (χ4v) is 2.36. The van der Waals surface area contributed by atoms with Gasteiger partial charge in [-0.05, 0) is 30.0 Å². The maximum atomic E-state index is 6.55. The van der Waals surface area contributed by atoms with E-state index in [1.165, 1.54) is 0 Å². The lowest BCUT2D eigenvalue weighted by atomic mass is 9.71. The molecule has 0 saturated carbocycles. The van der Waals surface area contributed by atoms with Crippen LogP contribution in [0.4, 0.5) is 0 Å². The maximum absolute atomic E-state index is 6.55. The summed E-state index contributed by atoms with van der Waals surface area (Å²) in [4.78, 5) is 0. The molecule has 0 rings (SSSR count). The van der Waals surface area contributed by atoms with Crippen molar-refractivity contribution in [1.29, 1.82) is 0 Å². The summed E-state index contributed by atoms with van der Waals surface area (Å²) in [5.41, 5.74) is 0.371. The molecule has 0 amide bonds. The van der Waals surface area contributed by atoms with Gasteiger partial charge in [-0.1, -0.05) is 34.6 Å². The summed E-state index contributed by atoms with van der Waals surface area (Å²) in [6, 6.07) is 0. The fourth-order valence-electron chi connectivity index (χ4n) is 1.79. The summed E-state index contributed by atoms with van der Waals surface area (Å²) >= 11 is 6.55. The Balaban J connectivity index is 4.26. The number of alkyl halides is 1. The summed E-state index contributed by atoms with van der Waals surface area (Å²) in [6.45, 7) is 11.1. The monoisotopic (exact) mass is 262 g/mol. The van der Waals surface area contributed by atoms with E-state index < -0.39 is 0 Å². The van der Waals surface area contributed by atoms with Gasteiger partial charge in [0.1, 0.15) is 0 Å². The van der Waals surface area contributed by atoms with Crippen LogP contribution in [-0.4, -0.2) is 26.7 Å². The molecule has 0 radical (unpaired) electrons. The van der Waals surface area contributed by atoms with Crippen molar-refractivity contribution < 1.29 is 9.31 Å². The van der Waals surface area contributed by atoms with E-state index in [4.69, 9.17) is 20.9 Å². The maximum Gasteiger partial charge on any atom is 0.456 e. The summed E-state index contributed by atoms with van der Waals surface area (Å²) in [5, 5.41) is 0.178. The minimum atomic E-state index is -0.118. The third kappa shape index (κ3) is 7.33. The molecule has 0 N–H and O–H groups in total.